The van der Waals surface area contributed by atoms with Gasteiger partial charge in [-0.15, -0.1) is 5.10 Å². The predicted molar refractivity (Wildman–Crippen MR) is 129 cm³/mol. The van der Waals surface area contributed by atoms with Crippen molar-refractivity contribution < 1.29 is 26.6 Å². The molecule has 6 aromatic rings. The maximum Gasteiger partial charge on any atom is 0.417 e. The lowest BCUT2D eigenvalue weighted by Crippen LogP contribution is -2.38. The van der Waals surface area contributed by atoms with Crippen molar-refractivity contribution in [1.29, 1.82) is 0 Å². The van der Waals surface area contributed by atoms with Gasteiger partial charge < -0.3 is 4.98 Å². The Morgan fingerprint density at radius 3 is 2.51 bits per heavy atom. The van der Waals surface area contributed by atoms with Crippen LogP contribution in [0.15, 0.2) is 73.3 Å². The zero-order chi connectivity index (χ0) is 27.1. The highest BCUT2D eigenvalue weighted by Gasteiger charge is 2.34. The van der Waals surface area contributed by atoms with Gasteiger partial charge in [-0.2, -0.15) is 23.4 Å². The van der Waals surface area contributed by atoms with Gasteiger partial charge in [-0.1, -0.05) is 22.9 Å². The van der Waals surface area contributed by atoms with E-state index in [2.05, 4.69) is 35.5 Å². The number of alkyl halides is 3. The number of nitrogens with zero attached hydrogens (tertiary/aromatic N) is 6. The zero-order valence-corrected chi connectivity index (χ0v) is 19.7. The van der Waals surface area contributed by atoms with E-state index in [1.807, 2.05) is 0 Å². The lowest BCUT2D eigenvalue weighted by molar-refractivity contribution is -0.745. The van der Waals surface area contributed by atoms with Gasteiger partial charge in [-0.05, 0) is 41.0 Å². The quantitative estimate of drug-likeness (QED) is 0.236. The molecular formula is C26H16F5N8+. The molecule has 13 heteroatoms. The molecule has 0 spiro atoms. The summed E-state index contributed by atoms with van der Waals surface area (Å²) in [7, 11) is 0. The summed E-state index contributed by atoms with van der Waals surface area (Å²) in [6.07, 6.45) is 1.40. The molecule has 0 aliphatic carbocycles. The van der Waals surface area contributed by atoms with Crippen molar-refractivity contribution in [3.8, 4) is 33.8 Å². The number of aromatic nitrogens is 8. The van der Waals surface area contributed by atoms with Gasteiger partial charge in [0.05, 0.1) is 23.0 Å². The molecule has 6 rings (SSSR count). The van der Waals surface area contributed by atoms with E-state index in [0.717, 1.165) is 12.1 Å². The summed E-state index contributed by atoms with van der Waals surface area (Å²) < 4.78 is 70.9. The molecule has 0 saturated carbocycles. The van der Waals surface area contributed by atoms with E-state index in [1.165, 1.54) is 47.5 Å². The maximum absolute atomic E-state index is 14.2. The third-order valence-corrected chi connectivity index (χ3v) is 6.05. The number of fused-ring (bicyclic) bond motifs is 1. The van der Waals surface area contributed by atoms with E-state index in [-0.39, 0.29) is 29.2 Å². The minimum absolute atomic E-state index is 0.0183. The van der Waals surface area contributed by atoms with Crippen molar-refractivity contribution >= 4 is 11.0 Å². The lowest BCUT2D eigenvalue weighted by Gasteiger charge is -2.13. The minimum Gasteiger partial charge on any atom is -0.333 e. The molecule has 0 saturated heterocycles. The van der Waals surface area contributed by atoms with Crippen LogP contribution in [0.3, 0.4) is 0 Å². The van der Waals surface area contributed by atoms with Crippen LogP contribution in [0, 0.1) is 11.6 Å². The SMILES string of the molecule is Fc1cccc(-c2nc3cn[n+](Cc4ccc(-c5ccc(-c6cn[nH]c6)cc5C(F)(F)F)nn4)cc3[nH]2)c1F. The smallest absolute Gasteiger partial charge is 0.333 e. The molecule has 2 N–H and O–H groups in total. The van der Waals surface area contributed by atoms with E-state index >= 15 is 0 Å². The number of halogens is 5. The van der Waals surface area contributed by atoms with Crippen molar-refractivity contribution in [2.75, 3.05) is 0 Å². The van der Waals surface area contributed by atoms with Crippen LogP contribution in [-0.4, -0.2) is 35.5 Å². The standard InChI is InChI=1S/C26H15F5N8/c27-20-3-1-2-18(24(20)28)25-35-22-11-34-39(13-23(22)36-25)12-16-5-7-21(38-37-16)17-6-4-14(15-9-32-33-10-15)8-19(17)26(29,30)31/h1-11,13H,12H2,(H,32,33,38)/p+1. The molecule has 0 aliphatic heterocycles. The molecule has 4 heterocycles. The molecule has 8 nitrogen and oxygen atoms in total. The van der Waals surface area contributed by atoms with E-state index in [1.54, 1.807) is 18.3 Å². The van der Waals surface area contributed by atoms with Crippen molar-refractivity contribution in [3.63, 3.8) is 0 Å². The second-order valence-electron chi connectivity index (χ2n) is 8.61. The Bertz CT molecular complexity index is 1790. The molecule has 4 aromatic heterocycles. The van der Waals surface area contributed by atoms with E-state index in [4.69, 9.17) is 0 Å². The maximum atomic E-state index is 14.2. The molecular weight excluding hydrogens is 519 g/mol. The van der Waals surface area contributed by atoms with Gasteiger partial charge >= 0.3 is 6.18 Å². The summed E-state index contributed by atoms with van der Waals surface area (Å²) in [5.74, 6) is -1.86. The highest BCUT2D eigenvalue weighted by atomic mass is 19.4. The van der Waals surface area contributed by atoms with Crippen molar-refractivity contribution in [2.24, 2.45) is 0 Å². The molecule has 0 amide bonds. The van der Waals surface area contributed by atoms with E-state index < -0.39 is 23.4 Å². The van der Waals surface area contributed by atoms with Gasteiger partial charge in [-0.25, -0.2) is 13.8 Å². The number of hydrogen-bond acceptors (Lipinski definition) is 5. The first-order valence-electron chi connectivity index (χ1n) is 11.5. The fourth-order valence-electron chi connectivity index (χ4n) is 4.15. The second-order valence-corrected chi connectivity index (χ2v) is 8.61. The van der Waals surface area contributed by atoms with Crippen LogP contribution < -0.4 is 4.68 Å². The highest BCUT2D eigenvalue weighted by Crippen LogP contribution is 2.38. The summed E-state index contributed by atoms with van der Waals surface area (Å²) in [4.78, 5) is 7.21. The Morgan fingerprint density at radius 1 is 0.897 bits per heavy atom. The summed E-state index contributed by atoms with van der Waals surface area (Å²) in [5.41, 5.74) is 1.39. The van der Waals surface area contributed by atoms with Crippen LogP contribution in [0.2, 0.25) is 0 Å². The Morgan fingerprint density at radius 2 is 1.77 bits per heavy atom. The van der Waals surface area contributed by atoms with Crippen LogP contribution >= 0.6 is 0 Å². The van der Waals surface area contributed by atoms with E-state index in [0.29, 0.717) is 27.9 Å². The third kappa shape index (κ3) is 4.69. The molecule has 0 unspecified atom stereocenters. The molecule has 39 heavy (non-hydrogen) atoms. The van der Waals surface area contributed by atoms with Crippen LogP contribution in [0.25, 0.3) is 44.8 Å². The minimum atomic E-state index is -4.61. The summed E-state index contributed by atoms with van der Waals surface area (Å²) in [6.45, 7) is 0.150. The zero-order valence-electron chi connectivity index (χ0n) is 19.7. The number of aromatic amines is 2. The Labute approximate surface area is 216 Å². The number of nitrogens with one attached hydrogen (secondary N) is 2. The van der Waals surface area contributed by atoms with Crippen molar-refractivity contribution in [3.05, 3.63) is 96.2 Å². The molecule has 194 valence electrons. The monoisotopic (exact) mass is 535 g/mol. The fraction of sp³-hybridized carbons (Fsp3) is 0.0769. The first-order valence-corrected chi connectivity index (χ1v) is 11.5. The topological polar surface area (TPSA) is 99.9 Å². The molecule has 0 radical (unpaired) electrons. The number of imidazole rings is 1. The van der Waals surface area contributed by atoms with Gasteiger partial charge in [0.25, 0.3) is 0 Å². The first-order chi connectivity index (χ1) is 18.8. The lowest BCUT2D eigenvalue weighted by atomic mass is 9.98. The summed E-state index contributed by atoms with van der Waals surface area (Å²) in [6, 6.07) is 10.8. The molecule has 0 aliphatic rings. The molecule has 0 fully saturated rings. The average Bonchev–Trinajstić information content (AvgIpc) is 3.60. The van der Waals surface area contributed by atoms with E-state index in [9.17, 15) is 22.0 Å². The van der Waals surface area contributed by atoms with Crippen molar-refractivity contribution in [2.45, 2.75) is 12.7 Å². The molecule has 2 aromatic carbocycles. The largest absolute Gasteiger partial charge is 0.417 e. The fourth-order valence-corrected chi connectivity index (χ4v) is 4.15. The van der Waals surface area contributed by atoms with Gasteiger partial charge in [-0.3, -0.25) is 5.10 Å². The number of rotatable bonds is 5. The van der Waals surface area contributed by atoms with Crippen LogP contribution in [0.1, 0.15) is 11.3 Å². The van der Waals surface area contributed by atoms with Gasteiger partial charge in [0.2, 0.25) is 12.7 Å². The summed E-state index contributed by atoms with van der Waals surface area (Å²) in [5, 5.41) is 18.7. The van der Waals surface area contributed by atoms with Crippen molar-refractivity contribution in [1.82, 2.24) is 35.5 Å². The number of hydrogen-bond donors (Lipinski definition) is 2. The van der Waals surface area contributed by atoms with Gasteiger partial charge in [0.1, 0.15) is 28.7 Å². The predicted octanol–water partition coefficient (Wildman–Crippen LogP) is 5.10. The second kappa shape index (κ2) is 9.35. The summed E-state index contributed by atoms with van der Waals surface area (Å²) >= 11 is 0. The normalized spacial score (nSPS) is 11.8. The Balaban J connectivity index is 1.26. The Hall–Kier alpha value is -5.07. The average molecular weight is 535 g/mol. The Kier molecular flexibility index (Phi) is 5.82. The third-order valence-electron chi connectivity index (χ3n) is 6.05. The van der Waals surface area contributed by atoms with Crippen LogP contribution in [0.5, 0.6) is 0 Å². The molecule has 0 atom stereocenters. The molecule has 0 bridgehead atoms. The van der Waals surface area contributed by atoms with Gasteiger partial charge in [0.15, 0.2) is 11.6 Å². The first kappa shape index (κ1) is 24.3. The van der Waals surface area contributed by atoms with Crippen LogP contribution in [0.4, 0.5) is 22.0 Å². The van der Waals surface area contributed by atoms with Gasteiger partial charge in [0, 0.05) is 17.3 Å². The number of H-pyrrole nitrogens is 2. The van der Waals surface area contributed by atoms with Crippen LogP contribution in [-0.2, 0) is 12.7 Å². The number of benzene rings is 2. The highest BCUT2D eigenvalue weighted by molar-refractivity contribution is 5.77.